The molecule has 2 amide bonds. The molecule has 1 fully saturated rings. The maximum atomic E-state index is 12.8. The molecular formula is C21H30N2O4. The first-order valence-corrected chi connectivity index (χ1v) is 9.63. The van der Waals surface area contributed by atoms with E-state index in [9.17, 15) is 14.4 Å². The van der Waals surface area contributed by atoms with Crippen LogP contribution in [0.25, 0.3) is 0 Å². The topological polar surface area (TPSA) is 84.5 Å². The Kier molecular flexibility index (Phi) is 7.39. The summed E-state index contributed by atoms with van der Waals surface area (Å²) >= 11 is 0. The van der Waals surface area contributed by atoms with Crippen molar-refractivity contribution >= 4 is 17.8 Å². The van der Waals surface area contributed by atoms with Crippen molar-refractivity contribution in [1.82, 2.24) is 10.6 Å². The molecule has 0 unspecified atom stereocenters. The maximum Gasteiger partial charge on any atom is 0.329 e. The predicted molar refractivity (Wildman–Crippen MR) is 103 cm³/mol. The number of rotatable bonds is 9. The number of carbonyl (C=O) groups excluding carboxylic acids is 3. The highest BCUT2D eigenvalue weighted by Crippen LogP contribution is 2.29. The van der Waals surface area contributed by atoms with Gasteiger partial charge >= 0.3 is 5.97 Å². The molecule has 0 aliphatic heterocycles. The molecular weight excluding hydrogens is 344 g/mol. The summed E-state index contributed by atoms with van der Waals surface area (Å²) in [6.07, 6.45) is 1.80. The lowest BCUT2D eigenvalue weighted by molar-refractivity contribution is -0.151. The van der Waals surface area contributed by atoms with Gasteiger partial charge in [-0.2, -0.15) is 0 Å². The number of carbonyl (C=O) groups is 3. The molecule has 2 N–H and O–H groups in total. The smallest absolute Gasteiger partial charge is 0.329 e. The van der Waals surface area contributed by atoms with Crippen LogP contribution in [0.15, 0.2) is 30.3 Å². The van der Waals surface area contributed by atoms with E-state index in [4.69, 9.17) is 4.74 Å². The van der Waals surface area contributed by atoms with E-state index < -0.39 is 18.1 Å². The molecule has 0 aromatic heterocycles. The zero-order valence-electron chi connectivity index (χ0n) is 16.5. The van der Waals surface area contributed by atoms with E-state index in [0.717, 1.165) is 18.4 Å². The van der Waals surface area contributed by atoms with Crippen molar-refractivity contribution in [2.24, 2.45) is 11.8 Å². The Balaban J connectivity index is 2.09. The number of hydrogen-bond acceptors (Lipinski definition) is 4. The Hall–Kier alpha value is -2.37. The third-order valence-electron chi connectivity index (χ3n) is 4.43. The van der Waals surface area contributed by atoms with Gasteiger partial charge in [0.2, 0.25) is 11.8 Å². The molecule has 1 saturated carbocycles. The third-order valence-corrected chi connectivity index (χ3v) is 4.43. The van der Waals surface area contributed by atoms with Crippen LogP contribution < -0.4 is 10.6 Å². The van der Waals surface area contributed by atoms with Crippen molar-refractivity contribution in [1.29, 1.82) is 0 Å². The quantitative estimate of drug-likeness (QED) is 0.649. The van der Waals surface area contributed by atoms with Gasteiger partial charge in [0.25, 0.3) is 0 Å². The van der Waals surface area contributed by atoms with Gasteiger partial charge in [0.05, 0.1) is 6.10 Å². The Labute approximate surface area is 161 Å². The number of benzene rings is 1. The summed E-state index contributed by atoms with van der Waals surface area (Å²) in [5, 5.41) is 5.61. The average molecular weight is 374 g/mol. The Morgan fingerprint density at radius 3 is 2.19 bits per heavy atom. The van der Waals surface area contributed by atoms with Crippen LogP contribution in [0.4, 0.5) is 0 Å². The molecule has 148 valence electrons. The van der Waals surface area contributed by atoms with Gasteiger partial charge < -0.3 is 15.4 Å². The van der Waals surface area contributed by atoms with Gasteiger partial charge in [0, 0.05) is 12.3 Å². The molecule has 1 aromatic rings. The summed E-state index contributed by atoms with van der Waals surface area (Å²) in [6, 6.07) is 7.98. The second-order valence-electron chi connectivity index (χ2n) is 7.74. The molecule has 1 aliphatic carbocycles. The summed E-state index contributed by atoms with van der Waals surface area (Å²) in [7, 11) is 0. The van der Waals surface area contributed by atoms with Gasteiger partial charge in [0.15, 0.2) is 0 Å². The van der Waals surface area contributed by atoms with Crippen molar-refractivity contribution < 1.29 is 19.1 Å². The third kappa shape index (κ3) is 6.70. The first-order valence-electron chi connectivity index (χ1n) is 9.63. The number of hydrogen-bond donors (Lipinski definition) is 2. The molecule has 0 bridgehead atoms. The van der Waals surface area contributed by atoms with Gasteiger partial charge in [-0.15, -0.1) is 0 Å². The fourth-order valence-electron chi connectivity index (χ4n) is 2.77. The predicted octanol–water partition coefficient (Wildman–Crippen LogP) is 2.22. The summed E-state index contributed by atoms with van der Waals surface area (Å²) in [5.74, 6) is -0.997. The molecule has 0 radical (unpaired) electrons. The van der Waals surface area contributed by atoms with Crippen molar-refractivity contribution in [3.05, 3.63) is 35.9 Å². The fraction of sp³-hybridized carbons (Fsp3) is 0.571. The van der Waals surface area contributed by atoms with Crippen LogP contribution in [0.3, 0.4) is 0 Å². The number of nitrogens with one attached hydrogen (secondary N) is 2. The summed E-state index contributed by atoms with van der Waals surface area (Å²) in [5.41, 5.74) is 0.923. The van der Waals surface area contributed by atoms with Crippen LogP contribution in [0.1, 0.15) is 46.1 Å². The first kappa shape index (κ1) is 20.9. The van der Waals surface area contributed by atoms with E-state index in [0.29, 0.717) is 6.42 Å². The van der Waals surface area contributed by atoms with Crippen LogP contribution in [0.5, 0.6) is 0 Å². The minimum Gasteiger partial charge on any atom is -0.461 e. The molecule has 27 heavy (non-hydrogen) atoms. The fourth-order valence-corrected chi connectivity index (χ4v) is 2.77. The molecule has 6 nitrogen and oxygen atoms in total. The largest absolute Gasteiger partial charge is 0.461 e. The van der Waals surface area contributed by atoms with E-state index in [-0.39, 0.29) is 29.8 Å². The van der Waals surface area contributed by atoms with Crippen LogP contribution in [-0.2, 0) is 25.5 Å². The van der Waals surface area contributed by atoms with Crippen molar-refractivity contribution in [2.45, 2.75) is 65.1 Å². The van der Waals surface area contributed by atoms with E-state index >= 15 is 0 Å². The molecule has 1 aromatic carbocycles. The SMILES string of the molecule is CC(C)OC(=O)[C@H](Cc1ccccc1)NC(=O)[C@@H](NC(=O)C1CC1)C(C)C. The van der Waals surface area contributed by atoms with Crippen LogP contribution in [-0.4, -0.2) is 36.0 Å². The molecule has 0 heterocycles. The van der Waals surface area contributed by atoms with Crippen molar-refractivity contribution in [3.8, 4) is 0 Å². The average Bonchev–Trinajstić information content (AvgIpc) is 3.44. The van der Waals surface area contributed by atoms with Gasteiger partial charge in [0.1, 0.15) is 12.1 Å². The lowest BCUT2D eigenvalue weighted by atomic mass is 10.0. The Bertz CT molecular complexity index is 653. The minimum atomic E-state index is -0.804. The Morgan fingerprint density at radius 2 is 1.67 bits per heavy atom. The Morgan fingerprint density at radius 1 is 1.04 bits per heavy atom. The van der Waals surface area contributed by atoms with Gasteiger partial charge in [-0.05, 0) is 38.2 Å². The molecule has 1 aliphatic rings. The molecule has 2 atom stereocenters. The van der Waals surface area contributed by atoms with Gasteiger partial charge in [-0.3, -0.25) is 9.59 Å². The van der Waals surface area contributed by atoms with Crippen molar-refractivity contribution in [3.63, 3.8) is 0 Å². The number of esters is 1. The number of ether oxygens (including phenoxy) is 1. The van der Waals surface area contributed by atoms with Crippen molar-refractivity contribution in [2.75, 3.05) is 0 Å². The van der Waals surface area contributed by atoms with Gasteiger partial charge in [-0.25, -0.2) is 4.79 Å². The highest BCUT2D eigenvalue weighted by atomic mass is 16.5. The molecule has 2 rings (SSSR count). The standard InChI is InChI=1S/C21H30N2O4/c1-13(2)18(23-19(24)16-10-11-16)20(25)22-17(21(26)27-14(3)4)12-15-8-6-5-7-9-15/h5-9,13-14,16-18H,10-12H2,1-4H3,(H,22,25)(H,23,24)/t17-,18-/m0/s1. The summed E-state index contributed by atoms with van der Waals surface area (Å²) < 4.78 is 5.31. The van der Waals surface area contributed by atoms with E-state index in [1.165, 1.54) is 0 Å². The van der Waals surface area contributed by atoms with Crippen LogP contribution in [0, 0.1) is 11.8 Å². The summed E-state index contributed by atoms with van der Waals surface area (Å²) in [6.45, 7) is 7.28. The van der Waals surface area contributed by atoms with Crippen LogP contribution >= 0.6 is 0 Å². The second-order valence-corrected chi connectivity index (χ2v) is 7.74. The highest BCUT2D eigenvalue weighted by Gasteiger charge is 2.35. The van der Waals surface area contributed by atoms with E-state index in [1.54, 1.807) is 13.8 Å². The zero-order chi connectivity index (χ0) is 20.0. The van der Waals surface area contributed by atoms with Gasteiger partial charge in [-0.1, -0.05) is 44.2 Å². The molecule has 6 heteroatoms. The zero-order valence-corrected chi connectivity index (χ0v) is 16.5. The molecule has 0 saturated heterocycles. The van der Waals surface area contributed by atoms with E-state index in [1.807, 2.05) is 44.2 Å². The normalized spacial score (nSPS) is 15.9. The monoisotopic (exact) mass is 374 g/mol. The maximum absolute atomic E-state index is 12.8. The lowest BCUT2D eigenvalue weighted by Crippen LogP contribution is -2.54. The molecule has 0 spiro atoms. The summed E-state index contributed by atoms with van der Waals surface area (Å²) in [4.78, 5) is 37.4. The minimum absolute atomic E-state index is 0.0186. The van der Waals surface area contributed by atoms with E-state index in [2.05, 4.69) is 10.6 Å². The second kappa shape index (κ2) is 9.53. The lowest BCUT2D eigenvalue weighted by Gasteiger charge is -2.25. The van der Waals surface area contributed by atoms with Crippen LogP contribution in [0.2, 0.25) is 0 Å². The number of amides is 2. The highest BCUT2D eigenvalue weighted by molar-refractivity contribution is 5.92. The first-order chi connectivity index (χ1) is 12.8.